The fourth-order valence-corrected chi connectivity index (χ4v) is 5.73. The molecule has 28 heavy (non-hydrogen) atoms. The molecule has 0 amide bonds. The fraction of sp³-hybridized carbons (Fsp3) is 0.955. The first-order valence-electron chi connectivity index (χ1n) is 11.6. The van der Waals surface area contributed by atoms with Crippen LogP contribution in [0.25, 0.3) is 0 Å². The maximum absolute atomic E-state index is 12.7. The lowest BCUT2D eigenvalue weighted by Gasteiger charge is -2.16. The molecule has 2 aliphatic heterocycles. The average Bonchev–Trinajstić information content (AvgIpc) is 3.30. The molecule has 2 rings (SSSR count). The first-order valence-corrected chi connectivity index (χ1v) is 13.5. The maximum Gasteiger partial charge on any atom is 0.211 e. The molecule has 0 aromatic heterocycles. The van der Waals surface area contributed by atoms with E-state index in [2.05, 4.69) is 11.8 Å². The Balaban J connectivity index is 1.54. The van der Waals surface area contributed by atoms with E-state index in [9.17, 15) is 13.2 Å². The molecule has 0 spiro atoms. The molecule has 0 aliphatic carbocycles. The van der Waals surface area contributed by atoms with Crippen LogP contribution in [0.15, 0.2) is 0 Å². The molecular formula is C22H42N2O3S. The SMILES string of the molecule is CCC[C@H]1CN(S(C)(=O)=O)CC1C(=O)CCCCCCCCCN1CCCC1. The number of ketones is 1. The highest BCUT2D eigenvalue weighted by Gasteiger charge is 2.39. The van der Waals surface area contributed by atoms with Crippen LogP contribution in [0, 0.1) is 11.8 Å². The molecule has 0 radical (unpaired) electrons. The van der Waals surface area contributed by atoms with Gasteiger partial charge in [0.25, 0.3) is 0 Å². The van der Waals surface area contributed by atoms with Crippen LogP contribution >= 0.6 is 0 Å². The quantitative estimate of drug-likeness (QED) is 0.402. The van der Waals surface area contributed by atoms with Gasteiger partial charge in [0.1, 0.15) is 5.78 Å². The van der Waals surface area contributed by atoms with Gasteiger partial charge in [-0.05, 0) is 57.7 Å². The molecule has 6 heteroatoms. The number of Topliss-reactive ketones (excluding diaryl/α,β-unsaturated/α-hetero) is 1. The van der Waals surface area contributed by atoms with Crippen LogP contribution < -0.4 is 0 Å². The van der Waals surface area contributed by atoms with Gasteiger partial charge in [-0.25, -0.2) is 12.7 Å². The Morgan fingerprint density at radius 2 is 1.54 bits per heavy atom. The van der Waals surface area contributed by atoms with Gasteiger partial charge in [0.2, 0.25) is 10.0 Å². The minimum Gasteiger partial charge on any atom is -0.303 e. The van der Waals surface area contributed by atoms with E-state index in [4.69, 9.17) is 0 Å². The molecular weight excluding hydrogens is 372 g/mol. The lowest BCUT2D eigenvalue weighted by atomic mass is 9.86. The molecule has 2 fully saturated rings. The first-order chi connectivity index (χ1) is 13.4. The highest BCUT2D eigenvalue weighted by Crippen LogP contribution is 2.31. The Bertz CT molecular complexity index is 558. The molecule has 164 valence electrons. The van der Waals surface area contributed by atoms with Gasteiger partial charge < -0.3 is 4.90 Å². The second-order valence-electron chi connectivity index (χ2n) is 8.98. The van der Waals surface area contributed by atoms with Crippen molar-refractivity contribution in [2.75, 3.05) is 39.0 Å². The number of nitrogens with zero attached hydrogens (tertiary/aromatic N) is 2. The average molecular weight is 415 g/mol. The number of hydrogen-bond donors (Lipinski definition) is 0. The van der Waals surface area contributed by atoms with Crippen LogP contribution in [0.4, 0.5) is 0 Å². The van der Waals surface area contributed by atoms with Crippen molar-refractivity contribution in [2.45, 2.75) is 84.0 Å². The summed E-state index contributed by atoms with van der Waals surface area (Å²) in [5, 5.41) is 0. The van der Waals surface area contributed by atoms with E-state index in [0.717, 1.165) is 25.7 Å². The summed E-state index contributed by atoms with van der Waals surface area (Å²) >= 11 is 0. The summed E-state index contributed by atoms with van der Waals surface area (Å²) in [7, 11) is -3.19. The van der Waals surface area contributed by atoms with E-state index in [1.165, 1.54) is 75.1 Å². The molecule has 0 bridgehead atoms. The second kappa shape index (κ2) is 12.3. The van der Waals surface area contributed by atoms with Crippen molar-refractivity contribution in [3.8, 4) is 0 Å². The zero-order chi connectivity index (χ0) is 20.4. The third kappa shape index (κ3) is 8.11. The van der Waals surface area contributed by atoms with Gasteiger partial charge in [0, 0.05) is 25.4 Å². The van der Waals surface area contributed by atoms with E-state index >= 15 is 0 Å². The van der Waals surface area contributed by atoms with E-state index in [1.54, 1.807) is 0 Å². The third-order valence-corrected chi connectivity index (χ3v) is 7.78. The predicted octanol–water partition coefficient (Wildman–Crippen LogP) is 4.08. The smallest absolute Gasteiger partial charge is 0.211 e. The molecule has 5 nitrogen and oxygen atoms in total. The highest BCUT2D eigenvalue weighted by molar-refractivity contribution is 7.88. The summed E-state index contributed by atoms with van der Waals surface area (Å²) in [5.74, 6) is 0.415. The van der Waals surface area contributed by atoms with E-state index < -0.39 is 10.0 Å². The summed E-state index contributed by atoms with van der Waals surface area (Å²) in [4.78, 5) is 15.3. The Labute approximate surface area is 173 Å². The molecule has 2 saturated heterocycles. The van der Waals surface area contributed by atoms with Crippen molar-refractivity contribution in [3.63, 3.8) is 0 Å². The molecule has 0 N–H and O–H groups in total. The van der Waals surface area contributed by atoms with Gasteiger partial charge in [0.05, 0.1) is 6.26 Å². The number of rotatable bonds is 14. The Morgan fingerprint density at radius 3 is 2.14 bits per heavy atom. The van der Waals surface area contributed by atoms with Crippen molar-refractivity contribution >= 4 is 15.8 Å². The molecule has 0 aromatic carbocycles. The number of carbonyl (C=O) groups excluding carboxylic acids is 1. The van der Waals surface area contributed by atoms with Crippen LogP contribution in [-0.2, 0) is 14.8 Å². The van der Waals surface area contributed by atoms with Crippen LogP contribution in [0.5, 0.6) is 0 Å². The summed E-state index contributed by atoms with van der Waals surface area (Å²) < 4.78 is 25.2. The molecule has 2 heterocycles. The highest BCUT2D eigenvalue weighted by atomic mass is 32.2. The van der Waals surface area contributed by atoms with Crippen molar-refractivity contribution in [1.82, 2.24) is 9.21 Å². The molecule has 1 unspecified atom stereocenters. The number of sulfonamides is 1. The van der Waals surface area contributed by atoms with Crippen molar-refractivity contribution in [2.24, 2.45) is 11.8 Å². The van der Waals surface area contributed by atoms with Gasteiger partial charge in [-0.3, -0.25) is 4.79 Å². The monoisotopic (exact) mass is 414 g/mol. The van der Waals surface area contributed by atoms with Crippen LogP contribution in [-0.4, -0.2) is 62.4 Å². The van der Waals surface area contributed by atoms with Crippen molar-refractivity contribution < 1.29 is 13.2 Å². The molecule has 2 atom stereocenters. The summed E-state index contributed by atoms with van der Waals surface area (Å²) in [5.41, 5.74) is 0. The molecule has 2 aliphatic rings. The Kier molecular flexibility index (Phi) is 10.4. The summed E-state index contributed by atoms with van der Waals surface area (Å²) in [6.45, 7) is 6.92. The Morgan fingerprint density at radius 1 is 0.929 bits per heavy atom. The minimum atomic E-state index is -3.19. The van der Waals surface area contributed by atoms with Crippen LogP contribution in [0.1, 0.15) is 84.0 Å². The van der Waals surface area contributed by atoms with E-state index in [0.29, 0.717) is 19.5 Å². The maximum atomic E-state index is 12.7. The molecule has 0 saturated carbocycles. The summed E-state index contributed by atoms with van der Waals surface area (Å²) in [6.07, 6.45) is 15.1. The van der Waals surface area contributed by atoms with Gasteiger partial charge in [-0.2, -0.15) is 0 Å². The number of likely N-dealkylation sites (tertiary alicyclic amines) is 1. The van der Waals surface area contributed by atoms with Gasteiger partial charge in [0.15, 0.2) is 0 Å². The first kappa shape index (κ1) is 23.8. The minimum absolute atomic E-state index is 0.0831. The lowest BCUT2D eigenvalue weighted by molar-refractivity contribution is -0.123. The Hall–Kier alpha value is -0.460. The van der Waals surface area contributed by atoms with Crippen molar-refractivity contribution in [3.05, 3.63) is 0 Å². The van der Waals surface area contributed by atoms with Gasteiger partial charge >= 0.3 is 0 Å². The number of hydrogen-bond acceptors (Lipinski definition) is 4. The topological polar surface area (TPSA) is 57.7 Å². The lowest BCUT2D eigenvalue weighted by Crippen LogP contribution is -2.28. The van der Waals surface area contributed by atoms with Gasteiger partial charge in [-0.15, -0.1) is 0 Å². The van der Waals surface area contributed by atoms with Gasteiger partial charge in [-0.1, -0.05) is 45.4 Å². The standard InChI is InChI=1S/C22H42N2O3S/c1-3-13-20-18-24(28(2,26)27)19-21(20)22(25)14-9-7-5-4-6-8-10-15-23-16-11-12-17-23/h20-21H,3-19H2,1-2H3/t20-,21?/m0/s1. The molecule has 0 aromatic rings. The largest absolute Gasteiger partial charge is 0.303 e. The fourth-order valence-electron chi connectivity index (χ4n) is 4.84. The second-order valence-corrected chi connectivity index (χ2v) is 11.0. The van der Waals surface area contributed by atoms with E-state index in [-0.39, 0.29) is 17.6 Å². The van der Waals surface area contributed by atoms with Crippen LogP contribution in [0.3, 0.4) is 0 Å². The zero-order valence-corrected chi connectivity index (χ0v) is 19.0. The number of carbonyl (C=O) groups is 1. The number of unbranched alkanes of at least 4 members (excludes halogenated alkanes) is 6. The van der Waals surface area contributed by atoms with Crippen LogP contribution in [0.2, 0.25) is 0 Å². The summed E-state index contributed by atoms with van der Waals surface area (Å²) in [6, 6.07) is 0. The normalized spacial score (nSPS) is 24.2. The predicted molar refractivity (Wildman–Crippen MR) is 116 cm³/mol. The third-order valence-electron chi connectivity index (χ3n) is 6.55. The van der Waals surface area contributed by atoms with E-state index in [1.807, 2.05) is 0 Å². The van der Waals surface area contributed by atoms with Crippen molar-refractivity contribution in [1.29, 1.82) is 0 Å². The zero-order valence-electron chi connectivity index (χ0n) is 18.2.